The lowest BCUT2D eigenvalue weighted by Crippen LogP contribution is -2.43. The summed E-state index contributed by atoms with van der Waals surface area (Å²) in [5.74, 6) is 0. The zero-order chi connectivity index (χ0) is 8.91. The molecule has 1 N–H and O–H groups in total. The van der Waals surface area contributed by atoms with Crippen molar-refractivity contribution >= 4 is 0 Å². The Morgan fingerprint density at radius 3 is 2.00 bits per heavy atom. The normalized spacial score (nSPS) is 15.0. The zero-order valence-corrected chi connectivity index (χ0v) is 8.70. The lowest BCUT2D eigenvalue weighted by molar-refractivity contribution is 0.337. The minimum absolute atomic E-state index is 0.274. The van der Waals surface area contributed by atoms with Gasteiger partial charge in [-0.3, -0.25) is 0 Å². The molecule has 68 valence electrons. The molecule has 0 aromatic heterocycles. The van der Waals surface area contributed by atoms with Gasteiger partial charge in [0.15, 0.2) is 0 Å². The Balaban J connectivity index is 3.68. The van der Waals surface area contributed by atoms with E-state index in [-0.39, 0.29) is 5.54 Å². The van der Waals surface area contributed by atoms with Crippen LogP contribution in [0.15, 0.2) is 0 Å². The van der Waals surface area contributed by atoms with Gasteiger partial charge < -0.3 is 5.32 Å². The summed E-state index contributed by atoms with van der Waals surface area (Å²) in [4.78, 5) is 0. The molecule has 0 fully saturated rings. The fourth-order valence-corrected chi connectivity index (χ4v) is 1.34. The number of nitrogens with one attached hydrogen (secondary N) is 1. The fourth-order valence-electron chi connectivity index (χ4n) is 1.34. The first-order chi connectivity index (χ1) is 4.99. The Kier molecular flexibility index (Phi) is 4.74. The van der Waals surface area contributed by atoms with Crippen LogP contribution >= 0.6 is 0 Å². The van der Waals surface area contributed by atoms with Crippen molar-refractivity contribution in [3.05, 3.63) is 0 Å². The van der Waals surface area contributed by atoms with Gasteiger partial charge in [-0.15, -0.1) is 0 Å². The molecule has 0 aliphatic heterocycles. The van der Waals surface area contributed by atoms with Crippen LogP contribution < -0.4 is 5.32 Å². The molecule has 0 amide bonds. The highest BCUT2D eigenvalue weighted by Gasteiger charge is 2.14. The Labute approximate surface area is 71.6 Å². The van der Waals surface area contributed by atoms with E-state index < -0.39 is 0 Å². The van der Waals surface area contributed by atoms with E-state index in [0.29, 0.717) is 6.04 Å². The summed E-state index contributed by atoms with van der Waals surface area (Å²) in [5, 5.41) is 3.61. The van der Waals surface area contributed by atoms with Gasteiger partial charge >= 0.3 is 0 Å². The maximum atomic E-state index is 3.61. The van der Waals surface area contributed by atoms with Gasteiger partial charge in [-0.25, -0.2) is 0 Å². The van der Waals surface area contributed by atoms with Crippen LogP contribution in [0.25, 0.3) is 0 Å². The van der Waals surface area contributed by atoms with Gasteiger partial charge in [0, 0.05) is 11.6 Å². The summed E-state index contributed by atoms with van der Waals surface area (Å²) in [6.07, 6.45) is 3.82. The average Bonchev–Trinajstić information content (AvgIpc) is 1.84. The van der Waals surface area contributed by atoms with Crippen LogP contribution in [0.2, 0.25) is 0 Å². The first-order valence-electron chi connectivity index (χ1n) is 4.77. The van der Waals surface area contributed by atoms with Crippen LogP contribution in [0.4, 0.5) is 0 Å². The molecule has 11 heavy (non-hydrogen) atoms. The Morgan fingerprint density at radius 1 is 1.18 bits per heavy atom. The second kappa shape index (κ2) is 4.76. The molecule has 0 aliphatic rings. The van der Waals surface area contributed by atoms with Crippen molar-refractivity contribution < 1.29 is 0 Å². The van der Waals surface area contributed by atoms with Crippen LogP contribution in [0.1, 0.15) is 53.9 Å². The topological polar surface area (TPSA) is 12.0 Å². The predicted octanol–water partition coefficient (Wildman–Crippen LogP) is 2.95. The number of rotatable bonds is 4. The van der Waals surface area contributed by atoms with Crippen molar-refractivity contribution in [3.63, 3.8) is 0 Å². The van der Waals surface area contributed by atoms with E-state index in [9.17, 15) is 0 Å². The molecule has 0 saturated heterocycles. The summed E-state index contributed by atoms with van der Waals surface area (Å²) in [7, 11) is 0. The van der Waals surface area contributed by atoms with E-state index in [1.54, 1.807) is 0 Å². The lowest BCUT2D eigenvalue weighted by atomic mass is 10.0. The summed E-state index contributed by atoms with van der Waals surface area (Å²) < 4.78 is 0. The molecule has 0 aliphatic carbocycles. The minimum Gasteiger partial charge on any atom is -0.309 e. The molecular formula is C10H23N. The molecule has 0 rings (SSSR count). The van der Waals surface area contributed by atoms with Gasteiger partial charge in [0.2, 0.25) is 0 Å². The van der Waals surface area contributed by atoms with Crippen molar-refractivity contribution in [2.24, 2.45) is 0 Å². The Morgan fingerprint density at radius 2 is 1.73 bits per heavy atom. The molecule has 1 atom stereocenters. The third-order valence-corrected chi connectivity index (χ3v) is 1.77. The van der Waals surface area contributed by atoms with E-state index in [4.69, 9.17) is 0 Å². The highest BCUT2D eigenvalue weighted by Crippen LogP contribution is 2.07. The van der Waals surface area contributed by atoms with Crippen LogP contribution in [-0.2, 0) is 0 Å². The fraction of sp³-hybridized carbons (Fsp3) is 1.00. The van der Waals surface area contributed by atoms with Crippen LogP contribution in [0.5, 0.6) is 0 Å². The molecule has 1 heteroatoms. The molecule has 0 bridgehead atoms. The van der Waals surface area contributed by atoms with E-state index in [2.05, 4.69) is 39.9 Å². The van der Waals surface area contributed by atoms with Crippen LogP contribution in [0.3, 0.4) is 0 Å². The highest BCUT2D eigenvalue weighted by molar-refractivity contribution is 4.76. The quantitative estimate of drug-likeness (QED) is 0.661. The van der Waals surface area contributed by atoms with Gasteiger partial charge in [0.25, 0.3) is 0 Å². The monoisotopic (exact) mass is 157 g/mol. The maximum Gasteiger partial charge on any atom is 0.00990 e. The van der Waals surface area contributed by atoms with E-state index in [1.807, 2.05) is 0 Å². The molecule has 0 spiro atoms. The number of hydrogen-bond acceptors (Lipinski definition) is 1. The second-order valence-corrected chi connectivity index (χ2v) is 4.29. The SMILES string of the molecule is CCCC(CC)NC(C)(C)C. The minimum atomic E-state index is 0.274. The van der Waals surface area contributed by atoms with Crippen molar-refractivity contribution in [1.29, 1.82) is 0 Å². The Hall–Kier alpha value is -0.0400. The largest absolute Gasteiger partial charge is 0.309 e. The number of hydrogen-bond donors (Lipinski definition) is 1. The van der Waals surface area contributed by atoms with E-state index in [0.717, 1.165) is 0 Å². The average molecular weight is 157 g/mol. The molecule has 0 aromatic carbocycles. The summed E-state index contributed by atoms with van der Waals surface area (Å²) in [6.45, 7) is 11.2. The molecule has 1 unspecified atom stereocenters. The van der Waals surface area contributed by atoms with Crippen molar-refractivity contribution in [3.8, 4) is 0 Å². The molecule has 0 saturated carbocycles. The Bertz CT molecular complexity index is 91.5. The van der Waals surface area contributed by atoms with Crippen molar-refractivity contribution in [1.82, 2.24) is 5.32 Å². The maximum absolute atomic E-state index is 3.61. The standard InChI is InChI=1S/C10H23N/c1-6-8-9(7-2)11-10(3,4)5/h9,11H,6-8H2,1-5H3. The molecule has 0 heterocycles. The smallest absolute Gasteiger partial charge is 0.00990 e. The van der Waals surface area contributed by atoms with Gasteiger partial charge in [-0.1, -0.05) is 20.3 Å². The van der Waals surface area contributed by atoms with Crippen LogP contribution in [-0.4, -0.2) is 11.6 Å². The van der Waals surface area contributed by atoms with Gasteiger partial charge in [0.1, 0.15) is 0 Å². The second-order valence-electron chi connectivity index (χ2n) is 4.29. The van der Waals surface area contributed by atoms with E-state index in [1.165, 1.54) is 19.3 Å². The molecular weight excluding hydrogens is 134 g/mol. The van der Waals surface area contributed by atoms with Gasteiger partial charge in [-0.05, 0) is 33.6 Å². The van der Waals surface area contributed by atoms with Crippen molar-refractivity contribution in [2.75, 3.05) is 0 Å². The third-order valence-electron chi connectivity index (χ3n) is 1.77. The first-order valence-corrected chi connectivity index (χ1v) is 4.77. The van der Waals surface area contributed by atoms with Gasteiger partial charge in [0.05, 0.1) is 0 Å². The predicted molar refractivity (Wildman–Crippen MR) is 51.9 cm³/mol. The lowest BCUT2D eigenvalue weighted by Gasteiger charge is -2.27. The first kappa shape index (κ1) is 11.0. The third kappa shape index (κ3) is 6.36. The summed E-state index contributed by atoms with van der Waals surface area (Å²) >= 11 is 0. The van der Waals surface area contributed by atoms with Gasteiger partial charge in [-0.2, -0.15) is 0 Å². The summed E-state index contributed by atoms with van der Waals surface area (Å²) in [5.41, 5.74) is 0.274. The molecule has 1 nitrogen and oxygen atoms in total. The molecule has 0 aromatic rings. The van der Waals surface area contributed by atoms with Crippen LogP contribution in [0, 0.1) is 0 Å². The highest BCUT2D eigenvalue weighted by atomic mass is 15.0. The zero-order valence-electron chi connectivity index (χ0n) is 8.70. The van der Waals surface area contributed by atoms with E-state index >= 15 is 0 Å². The summed E-state index contributed by atoms with van der Waals surface area (Å²) in [6, 6.07) is 0.708. The molecule has 0 radical (unpaired) electrons. The van der Waals surface area contributed by atoms with Crippen molar-refractivity contribution in [2.45, 2.75) is 65.5 Å².